The van der Waals surface area contributed by atoms with E-state index < -0.39 is 4.92 Å². The van der Waals surface area contributed by atoms with Gasteiger partial charge in [-0.25, -0.2) is 4.98 Å². The van der Waals surface area contributed by atoms with Crippen LogP contribution in [-0.2, 0) is 4.79 Å². The molecule has 0 aliphatic heterocycles. The van der Waals surface area contributed by atoms with Crippen LogP contribution in [0.15, 0.2) is 53.9 Å². The summed E-state index contributed by atoms with van der Waals surface area (Å²) < 4.78 is 0. The maximum atomic E-state index is 12.0. The molecule has 27 heavy (non-hydrogen) atoms. The Morgan fingerprint density at radius 3 is 2.59 bits per heavy atom. The van der Waals surface area contributed by atoms with E-state index in [0.29, 0.717) is 26.4 Å². The van der Waals surface area contributed by atoms with Gasteiger partial charge >= 0.3 is 0 Å². The second kappa shape index (κ2) is 8.30. The van der Waals surface area contributed by atoms with Crippen molar-refractivity contribution in [3.63, 3.8) is 0 Å². The predicted octanol–water partition coefficient (Wildman–Crippen LogP) is 5.68. The number of nitrogens with one attached hydrogen (secondary N) is 1. The highest BCUT2D eigenvalue weighted by Crippen LogP contribution is 2.32. The van der Waals surface area contributed by atoms with Gasteiger partial charge in [-0.2, -0.15) is 0 Å². The average molecular weight is 420 g/mol. The molecule has 0 fully saturated rings. The number of aromatic nitrogens is 1. The Morgan fingerprint density at radius 2 is 1.93 bits per heavy atom. The molecule has 1 amide bonds. The second-order valence-corrected chi connectivity index (χ2v) is 7.04. The molecule has 0 aliphatic carbocycles. The molecule has 0 bridgehead atoms. The van der Waals surface area contributed by atoms with Gasteiger partial charge in [-0.15, -0.1) is 11.3 Å². The van der Waals surface area contributed by atoms with Crippen molar-refractivity contribution in [1.82, 2.24) is 4.98 Å². The fourth-order valence-corrected chi connectivity index (χ4v) is 3.40. The number of anilines is 1. The van der Waals surface area contributed by atoms with Gasteiger partial charge in [0.05, 0.1) is 15.6 Å². The molecule has 0 radical (unpaired) electrons. The summed E-state index contributed by atoms with van der Waals surface area (Å²) in [5.41, 5.74) is 2.02. The molecule has 0 unspecified atom stereocenters. The number of carbonyl (C=O) groups is 1. The number of rotatable bonds is 5. The molecular weight excluding hydrogens is 409 g/mol. The summed E-state index contributed by atoms with van der Waals surface area (Å²) in [5, 5.41) is 16.5. The van der Waals surface area contributed by atoms with Gasteiger partial charge in [0.2, 0.25) is 5.91 Å². The Bertz CT molecular complexity index is 1030. The molecule has 0 saturated heterocycles. The molecule has 6 nitrogen and oxygen atoms in total. The number of amides is 1. The Kier molecular flexibility index (Phi) is 5.85. The molecule has 136 valence electrons. The zero-order valence-corrected chi connectivity index (χ0v) is 15.9. The van der Waals surface area contributed by atoms with Crippen LogP contribution in [0, 0.1) is 10.1 Å². The number of hydrogen-bond acceptors (Lipinski definition) is 5. The highest BCUT2D eigenvalue weighted by molar-refractivity contribution is 7.14. The summed E-state index contributed by atoms with van der Waals surface area (Å²) in [4.78, 5) is 26.5. The van der Waals surface area contributed by atoms with Crippen molar-refractivity contribution in [3.05, 3.63) is 79.6 Å². The minimum Gasteiger partial charge on any atom is -0.298 e. The molecule has 2 aromatic carbocycles. The van der Waals surface area contributed by atoms with Gasteiger partial charge in [0.15, 0.2) is 5.13 Å². The molecule has 0 saturated carbocycles. The number of carbonyl (C=O) groups excluding carboxylic acids is 1. The lowest BCUT2D eigenvalue weighted by atomic mass is 10.2. The van der Waals surface area contributed by atoms with Gasteiger partial charge in [0, 0.05) is 34.2 Å². The Labute approximate surface area is 168 Å². The van der Waals surface area contributed by atoms with Crippen LogP contribution in [-0.4, -0.2) is 15.8 Å². The van der Waals surface area contributed by atoms with E-state index in [4.69, 9.17) is 23.2 Å². The normalized spacial score (nSPS) is 10.9. The van der Waals surface area contributed by atoms with Crippen molar-refractivity contribution in [3.8, 4) is 11.3 Å². The molecule has 0 aliphatic rings. The van der Waals surface area contributed by atoms with Crippen LogP contribution in [0.3, 0.4) is 0 Å². The van der Waals surface area contributed by atoms with E-state index in [-0.39, 0.29) is 11.6 Å². The molecule has 0 atom stereocenters. The first-order valence-corrected chi connectivity index (χ1v) is 9.20. The first-order chi connectivity index (χ1) is 12.9. The minimum absolute atomic E-state index is 0.00669. The van der Waals surface area contributed by atoms with E-state index in [1.54, 1.807) is 41.8 Å². The van der Waals surface area contributed by atoms with Crippen LogP contribution in [0.5, 0.6) is 0 Å². The third kappa shape index (κ3) is 4.91. The fraction of sp³-hybridized carbons (Fsp3) is 0. The van der Waals surface area contributed by atoms with E-state index in [0.717, 1.165) is 5.56 Å². The lowest BCUT2D eigenvalue weighted by Gasteiger charge is -2.01. The number of thiazole rings is 1. The average Bonchev–Trinajstić information content (AvgIpc) is 3.08. The van der Waals surface area contributed by atoms with Gasteiger partial charge in [0.1, 0.15) is 0 Å². The molecule has 1 heterocycles. The van der Waals surface area contributed by atoms with Crippen LogP contribution in [0.4, 0.5) is 10.8 Å². The monoisotopic (exact) mass is 419 g/mol. The van der Waals surface area contributed by atoms with Crippen molar-refractivity contribution < 1.29 is 9.72 Å². The van der Waals surface area contributed by atoms with E-state index in [2.05, 4.69) is 10.3 Å². The van der Waals surface area contributed by atoms with E-state index in [1.807, 2.05) is 0 Å². The van der Waals surface area contributed by atoms with Crippen molar-refractivity contribution in [2.75, 3.05) is 5.32 Å². The molecule has 3 rings (SSSR count). The molecule has 0 spiro atoms. The molecule has 1 aromatic heterocycles. The van der Waals surface area contributed by atoms with Crippen LogP contribution < -0.4 is 5.32 Å². The summed E-state index contributed by atoms with van der Waals surface area (Å²) in [5.74, 6) is -0.364. The van der Waals surface area contributed by atoms with E-state index in [9.17, 15) is 14.9 Å². The van der Waals surface area contributed by atoms with E-state index >= 15 is 0 Å². The summed E-state index contributed by atoms with van der Waals surface area (Å²) in [7, 11) is 0. The Morgan fingerprint density at radius 1 is 1.19 bits per heavy atom. The van der Waals surface area contributed by atoms with Crippen LogP contribution in [0.2, 0.25) is 10.0 Å². The molecular formula is C18H11Cl2N3O3S. The van der Waals surface area contributed by atoms with Gasteiger partial charge in [0.25, 0.3) is 5.69 Å². The Balaban J connectivity index is 1.66. The number of benzene rings is 2. The van der Waals surface area contributed by atoms with Crippen molar-refractivity contribution in [2.24, 2.45) is 0 Å². The highest BCUT2D eigenvalue weighted by Gasteiger charge is 2.10. The number of nitrogens with zero attached hydrogens (tertiary/aromatic N) is 2. The van der Waals surface area contributed by atoms with Crippen molar-refractivity contribution in [2.45, 2.75) is 0 Å². The van der Waals surface area contributed by atoms with E-state index in [1.165, 1.54) is 29.5 Å². The first-order valence-electron chi connectivity index (χ1n) is 7.57. The second-order valence-electron chi connectivity index (χ2n) is 5.33. The van der Waals surface area contributed by atoms with Crippen LogP contribution in [0.25, 0.3) is 17.3 Å². The number of hydrogen-bond donors (Lipinski definition) is 1. The fourth-order valence-electron chi connectivity index (χ4n) is 2.18. The zero-order valence-electron chi connectivity index (χ0n) is 13.6. The quantitative estimate of drug-likeness (QED) is 0.327. The SMILES string of the molecule is O=C(C=Cc1ccc([N+](=O)[O-])cc1)Nc1nc(-c2ccc(Cl)cc2Cl)cs1. The van der Waals surface area contributed by atoms with Crippen molar-refractivity contribution in [1.29, 1.82) is 0 Å². The topological polar surface area (TPSA) is 85.1 Å². The zero-order chi connectivity index (χ0) is 19.4. The third-order valence-corrected chi connectivity index (χ3v) is 4.78. The van der Waals surface area contributed by atoms with Crippen LogP contribution >= 0.6 is 34.5 Å². The van der Waals surface area contributed by atoms with Gasteiger partial charge in [-0.05, 0) is 42.0 Å². The summed E-state index contributed by atoms with van der Waals surface area (Å²) in [6.07, 6.45) is 2.89. The lowest BCUT2D eigenvalue weighted by molar-refractivity contribution is -0.384. The first kappa shape index (κ1) is 19.0. The maximum absolute atomic E-state index is 12.0. The lowest BCUT2D eigenvalue weighted by Crippen LogP contribution is -2.07. The predicted molar refractivity (Wildman–Crippen MR) is 108 cm³/mol. The summed E-state index contributed by atoms with van der Waals surface area (Å²) in [6, 6.07) is 11.0. The standard InChI is InChI=1S/C18H11Cl2N3O3S/c19-12-4-7-14(15(20)9-12)16-10-27-18(21-16)22-17(24)8-3-11-1-5-13(6-2-11)23(25)26/h1-10H,(H,21,22,24). The maximum Gasteiger partial charge on any atom is 0.269 e. The smallest absolute Gasteiger partial charge is 0.269 e. The minimum atomic E-state index is -0.479. The molecule has 9 heteroatoms. The Hall–Kier alpha value is -2.74. The van der Waals surface area contributed by atoms with Gasteiger partial charge in [-0.1, -0.05) is 23.2 Å². The third-order valence-electron chi connectivity index (χ3n) is 3.47. The number of non-ortho nitro benzene ring substituents is 1. The highest BCUT2D eigenvalue weighted by atomic mass is 35.5. The van der Waals surface area contributed by atoms with Crippen molar-refractivity contribution >= 4 is 57.3 Å². The van der Waals surface area contributed by atoms with Gasteiger partial charge in [-0.3, -0.25) is 20.2 Å². The van der Waals surface area contributed by atoms with Crippen LogP contribution in [0.1, 0.15) is 5.56 Å². The molecule has 1 N–H and O–H groups in total. The van der Waals surface area contributed by atoms with Gasteiger partial charge < -0.3 is 0 Å². The number of nitro groups is 1. The number of nitro benzene ring substituents is 1. The summed E-state index contributed by atoms with van der Waals surface area (Å²) >= 11 is 13.3. The molecule has 3 aromatic rings. The largest absolute Gasteiger partial charge is 0.298 e. The summed E-state index contributed by atoms with van der Waals surface area (Å²) in [6.45, 7) is 0. The number of halogens is 2.